The maximum atomic E-state index is 5.15. The summed E-state index contributed by atoms with van der Waals surface area (Å²) in [5.74, 6) is 0.929. The molecule has 3 aromatic heterocycles. The molecule has 0 spiro atoms. The maximum absolute atomic E-state index is 5.15. The highest BCUT2D eigenvalue weighted by atomic mass is 32.2. The molecule has 0 aliphatic heterocycles. The summed E-state index contributed by atoms with van der Waals surface area (Å²) in [4.78, 5) is 16.1. The summed E-state index contributed by atoms with van der Waals surface area (Å²) in [6.07, 6.45) is 9.07. The summed E-state index contributed by atoms with van der Waals surface area (Å²) in [5.41, 5.74) is 6.64. The van der Waals surface area contributed by atoms with Crippen LogP contribution in [0.5, 0.6) is 0 Å². The van der Waals surface area contributed by atoms with E-state index in [4.69, 9.17) is 15.0 Å². The van der Waals surface area contributed by atoms with Crippen LogP contribution in [-0.4, -0.2) is 21.2 Å². The van der Waals surface area contributed by atoms with Crippen molar-refractivity contribution < 1.29 is 0 Å². The third-order valence-corrected chi connectivity index (χ3v) is 7.48. The molecule has 0 unspecified atom stereocenters. The predicted octanol–water partition coefficient (Wildman–Crippen LogP) is 6.40. The number of fused-ring (bicyclic) bond motifs is 5. The van der Waals surface area contributed by atoms with E-state index in [1.807, 2.05) is 12.3 Å². The lowest BCUT2D eigenvalue weighted by molar-refractivity contribution is 0.770. The number of thiophene rings is 1. The lowest BCUT2D eigenvalue weighted by atomic mass is 10.0. The molecule has 0 fully saturated rings. The van der Waals surface area contributed by atoms with Crippen molar-refractivity contribution >= 4 is 49.3 Å². The number of aryl methyl sites for hydroxylation is 2. The fourth-order valence-corrected chi connectivity index (χ4v) is 5.86. The monoisotopic (exact) mass is 434 g/mol. The molecule has 30 heavy (non-hydrogen) atoms. The van der Waals surface area contributed by atoms with Gasteiger partial charge in [-0.15, -0.1) is 11.3 Å². The SMILES string of the molecule is CCCCc1nc2sc3c(NCc4ccccc4)nc(SC)nc3c2c2c1CCC2. The quantitative estimate of drug-likeness (QED) is 0.269. The molecule has 0 atom stereocenters. The van der Waals surface area contributed by atoms with E-state index in [1.165, 1.54) is 47.0 Å². The minimum Gasteiger partial charge on any atom is -0.365 e. The summed E-state index contributed by atoms with van der Waals surface area (Å²) in [6.45, 7) is 3.00. The van der Waals surface area contributed by atoms with Crippen LogP contribution in [0, 0.1) is 0 Å². The molecule has 3 heterocycles. The number of benzene rings is 1. The fraction of sp³-hybridized carbons (Fsp3) is 0.375. The molecule has 5 rings (SSSR count). The van der Waals surface area contributed by atoms with Gasteiger partial charge in [0.05, 0.1) is 10.2 Å². The van der Waals surface area contributed by atoms with E-state index >= 15 is 0 Å². The number of thioether (sulfide) groups is 1. The first-order valence-corrected chi connectivity index (χ1v) is 12.8. The van der Waals surface area contributed by atoms with Crippen molar-refractivity contribution in [3.05, 3.63) is 52.7 Å². The second kappa shape index (κ2) is 8.52. The fourth-order valence-electron chi connectivity index (χ4n) is 4.37. The molecule has 0 bridgehead atoms. The van der Waals surface area contributed by atoms with Crippen LogP contribution in [0.2, 0.25) is 0 Å². The normalized spacial score (nSPS) is 13.3. The van der Waals surface area contributed by atoms with Crippen LogP contribution in [0.1, 0.15) is 48.6 Å². The van der Waals surface area contributed by atoms with E-state index < -0.39 is 0 Å². The van der Waals surface area contributed by atoms with Crippen molar-refractivity contribution in [1.29, 1.82) is 0 Å². The summed E-state index contributed by atoms with van der Waals surface area (Å²) >= 11 is 3.35. The molecular weight excluding hydrogens is 408 g/mol. The van der Waals surface area contributed by atoms with E-state index in [0.717, 1.165) is 51.8 Å². The van der Waals surface area contributed by atoms with Gasteiger partial charge in [0, 0.05) is 17.6 Å². The van der Waals surface area contributed by atoms with Gasteiger partial charge in [0.15, 0.2) is 5.16 Å². The molecule has 0 saturated heterocycles. The Morgan fingerprint density at radius 2 is 1.90 bits per heavy atom. The zero-order valence-corrected chi connectivity index (χ0v) is 19.1. The number of aromatic nitrogens is 3. The number of pyridine rings is 1. The lowest BCUT2D eigenvalue weighted by Gasteiger charge is -2.09. The number of rotatable bonds is 7. The Kier molecular flexibility index (Phi) is 5.61. The standard InChI is InChI=1S/C24H26N4S2/c1-3-4-13-18-16-11-8-12-17(16)19-20-21(30-23(19)26-18)22(28-24(27-20)29-2)25-14-15-9-6-5-7-10-15/h5-7,9-10H,3-4,8,11-14H2,1-2H3,(H,25,27,28). The van der Waals surface area contributed by atoms with Crippen LogP contribution in [0.3, 0.4) is 0 Å². The van der Waals surface area contributed by atoms with Crippen LogP contribution >= 0.6 is 23.1 Å². The highest BCUT2D eigenvalue weighted by Crippen LogP contribution is 2.42. The Hall–Kier alpha value is -2.18. The van der Waals surface area contributed by atoms with E-state index in [9.17, 15) is 0 Å². The third kappa shape index (κ3) is 3.56. The van der Waals surface area contributed by atoms with Crippen molar-refractivity contribution in [1.82, 2.24) is 15.0 Å². The molecule has 4 nitrogen and oxygen atoms in total. The lowest BCUT2D eigenvalue weighted by Crippen LogP contribution is -2.03. The van der Waals surface area contributed by atoms with Gasteiger partial charge in [0.1, 0.15) is 10.6 Å². The molecule has 4 aromatic rings. The highest BCUT2D eigenvalue weighted by Gasteiger charge is 2.24. The number of unbranched alkanes of at least 4 members (excludes halogenated alkanes) is 1. The second-order valence-corrected chi connectivity index (χ2v) is 9.60. The van der Waals surface area contributed by atoms with Crippen molar-refractivity contribution in [2.45, 2.75) is 57.1 Å². The predicted molar refractivity (Wildman–Crippen MR) is 129 cm³/mol. The van der Waals surface area contributed by atoms with Crippen LogP contribution in [-0.2, 0) is 25.8 Å². The van der Waals surface area contributed by atoms with Crippen molar-refractivity contribution in [2.75, 3.05) is 11.6 Å². The third-order valence-electron chi connectivity index (χ3n) is 5.85. The first-order chi connectivity index (χ1) is 14.8. The summed E-state index contributed by atoms with van der Waals surface area (Å²) in [6, 6.07) is 10.5. The van der Waals surface area contributed by atoms with Crippen molar-refractivity contribution in [3.8, 4) is 0 Å². The van der Waals surface area contributed by atoms with Gasteiger partial charge in [-0.2, -0.15) is 0 Å². The van der Waals surface area contributed by atoms with Gasteiger partial charge in [0.2, 0.25) is 0 Å². The van der Waals surface area contributed by atoms with Gasteiger partial charge in [-0.3, -0.25) is 0 Å². The molecule has 1 N–H and O–H groups in total. The first kappa shape index (κ1) is 19.8. The topological polar surface area (TPSA) is 50.7 Å². The Labute approximate surface area is 185 Å². The largest absolute Gasteiger partial charge is 0.365 e. The molecule has 0 radical (unpaired) electrons. The minimum atomic E-state index is 0.752. The summed E-state index contributed by atoms with van der Waals surface area (Å²) in [7, 11) is 0. The maximum Gasteiger partial charge on any atom is 0.189 e. The minimum absolute atomic E-state index is 0.752. The van der Waals surface area contributed by atoms with Crippen molar-refractivity contribution in [2.24, 2.45) is 0 Å². The molecule has 1 aromatic carbocycles. The molecular formula is C24H26N4S2. The number of anilines is 1. The smallest absolute Gasteiger partial charge is 0.189 e. The number of hydrogen-bond acceptors (Lipinski definition) is 6. The number of hydrogen-bond donors (Lipinski definition) is 1. The zero-order valence-electron chi connectivity index (χ0n) is 17.5. The zero-order chi connectivity index (χ0) is 20.5. The van der Waals surface area contributed by atoms with Gasteiger partial charge >= 0.3 is 0 Å². The van der Waals surface area contributed by atoms with Crippen LogP contribution < -0.4 is 5.32 Å². The molecule has 0 amide bonds. The van der Waals surface area contributed by atoms with E-state index in [1.54, 1.807) is 23.1 Å². The Morgan fingerprint density at radius 3 is 2.70 bits per heavy atom. The molecule has 1 aliphatic carbocycles. The van der Waals surface area contributed by atoms with Crippen LogP contribution in [0.15, 0.2) is 35.5 Å². The number of nitrogens with zero attached hydrogens (tertiary/aromatic N) is 3. The molecule has 6 heteroatoms. The summed E-state index contributed by atoms with van der Waals surface area (Å²) in [5, 5.41) is 5.67. The van der Waals surface area contributed by atoms with E-state index in [0.29, 0.717) is 0 Å². The van der Waals surface area contributed by atoms with Crippen molar-refractivity contribution in [3.63, 3.8) is 0 Å². The molecule has 154 valence electrons. The van der Waals surface area contributed by atoms with E-state index in [2.05, 4.69) is 36.5 Å². The second-order valence-electron chi connectivity index (χ2n) is 7.83. The highest BCUT2D eigenvalue weighted by molar-refractivity contribution is 7.98. The summed E-state index contributed by atoms with van der Waals surface area (Å²) < 4.78 is 1.13. The Balaban J connectivity index is 1.65. The molecule has 0 saturated carbocycles. The van der Waals surface area contributed by atoms with Gasteiger partial charge in [-0.05, 0) is 55.1 Å². The Bertz CT molecular complexity index is 1200. The van der Waals surface area contributed by atoms with Gasteiger partial charge < -0.3 is 5.32 Å². The average molecular weight is 435 g/mol. The number of nitrogens with one attached hydrogen (secondary N) is 1. The van der Waals surface area contributed by atoms with Gasteiger partial charge in [0.25, 0.3) is 0 Å². The van der Waals surface area contributed by atoms with E-state index in [-0.39, 0.29) is 0 Å². The van der Waals surface area contributed by atoms with Crippen LogP contribution in [0.4, 0.5) is 5.82 Å². The molecule has 1 aliphatic rings. The van der Waals surface area contributed by atoms with Gasteiger partial charge in [-0.25, -0.2) is 15.0 Å². The van der Waals surface area contributed by atoms with Gasteiger partial charge in [-0.1, -0.05) is 55.4 Å². The average Bonchev–Trinajstić information content (AvgIpc) is 3.40. The first-order valence-electron chi connectivity index (χ1n) is 10.7. The Morgan fingerprint density at radius 1 is 1.07 bits per heavy atom. The van der Waals surface area contributed by atoms with Crippen LogP contribution in [0.25, 0.3) is 20.4 Å².